The number of anilines is 1. The summed E-state index contributed by atoms with van der Waals surface area (Å²) >= 11 is 0. The maximum atomic E-state index is 11.9. The predicted octanol–water partition coefficient (Wildman–Crippen LogP) is 2.66. The summed E-state index contributed by atoms with van der Waals surface area (Å²) < 4.78 is 5.11. The van der Waals surface area contributed by atoms with E-state index in [1.54, 1.807) is 19.2 Å². The van der Waals surface area contributed by atoms with Crippen LogP contribution in [0, 0.1) is 6.92 Å². The molecule has 4 nitrogen and oxygen atoms in total. The summed E-state index contributed by atoms with van der Waals surface area (Å²) in [5.74, 6) is -0.112. The Bertz CT molecular complexity index is 689. The van der Waals surface area contributed by atoms with Crippen molar-refractivity contribution in [2.75, 3.05) is 12.0 Å². The van der Waals surface area contributed by atoms with Crippen molar-refractivity contribution >= 4 is 17.4 Å². The van der Waals surface area contributed by atoms with Crippen molar-refractivity contribution in [2.24, 2.45) is 0 Å². The lowest BCUT2D eigenvalue weighted by molar-refractivity contribution is -0.143. The van der Waals surface area contributed by atoms with Crippen LogP contribution in [-0.2, 0) is 9.59 Å². The van der Waals surface area contributed by atoms with Crippen LogP contribution in [0.3, 0.4) is 0 Å². The summed E-state index contributed by atoms with van der Waals surface area (Å²) in [6.07, 6.45) is 0. The van der Waals surface area contributed by atoms with E-state index in [0.29, 0.717) is 0 Å². The standard InChI is InChI=1S/C17H15NO3/c1-11-3-7-13(8-4-11)18-15(16(19)17(18)20)12-5-9-14(21-2)10-6-12/h3-10,15H,1-2H3. The molecule has 1 fully saturated rings. The molecule has 3 rings (SSSR count). The number of methoxy groups -OCH3 is 1. The van der Waals surface area contributed by atoms with Gasteiger partial charge >= 0.3 is 0 Å². The number of carbonyl (C=O) groups is 2. The molecule has 1 unspecified atom stereocenters. The summed E-state index contributed by atoms with van der Waals surface area (Å²) in [4.78, 5) is 25.4. The minimum absolute atomic E-state index is 0.374. The SMILES string of the molecule is COc1ccc(C2C(=O)C(=O)N2c2ccc(C)cc2)cc1. The van der Waals surface area contributed by atoms with Crippen LogP contribution in [0.2, 0.25) is 0 Å². The van der Waals surface area contributed by atoms with E-state index in [4.69, 9.17) is 4.74 Å². The summed E-state index contributed by atoms with van der Waals surface area (Å²) in [6.45, 7) is 1.98. The van der Waals surface area contributed by atoms with E-state index in [2.05, 4.69) is 0 Å². The highest BCUT2D eigenvalue weighted by atomic mass is 16.5. The van der Waals surface area contributed by atoms with E-state index in [1.807, 2.05) is 43.3 Å². The zero-order chi connectivity index (χ0) is 15.0. The number of carbonyl (C=O) groups excluding carboxylic acids is 2. The molecular weight excluding hydrogens is 266 g/mol. The Labute approximate surface area is 123 Å². The Kier molecular flexibility index (Phi) is 3.22. The molecule has 0 saturated carbocycles. The normalized spacial score (nSPS) is 17.6. The van der Waals surface area contributed by atoms with Gasteiger partial charge in [0.1, 0.15) is 11.8 Å². The summed E-state index contributed by atoms with van der Waals surface area (Å²) in [5.41, 5.74) is 2.64. The minimum Gasteiger partial charge on any atom is -0.497 e. The van der Waals surface area contributed by atoms with Crippen molar-refractivity contribution in [1.82, 2.24) is 0 Å². The third kappa shape index (κ3) is 2.18. The second kappa shape index (κ2) is 5.05. The Balaban J connectivity index is 1.94. The lowest BCUT2D eigenvalue weighted by Crippen LogP contribution is -2.56. The fraction of sp³-hybridized carbons (Fsp3) is 0.176. The first-order valence-corrected chi connectivity index (χ1v) is 6.70. The van der Waals surface area contributed by atoms with Crippen molar-refractivity contribution < 1.29 is 14.3 Å². The van der Waals surface area contributed by atoms with Gasteiger partial charge in [-0.1, -0.05) is 29.8 Å². The van der Waals surface area contributed by atoms with Gasteiger partial charge < -0.3 is 4.74 Å². The Morgan fingerprint density at radius 2 is 1.57 bits per heavy atom. The van der Waals surface area contributed by atoms with Crippen LogP contribution in [0.15, 0.2) is 48.5 Å². The molecule has 106 valence electrons. The van der Waals surface area contributed by atoms with Gasteiger partial charge in [0.25, 0.3) is 5.91 Å². The van der Waals surface area contributed by atoms with Crippen molar-refractivity contribution in [3.63, 3.8) is 0 Å². The molecule has 0 bridgehead atoms. The number of hydrogen-bond acceptors (Lipinski definition) is 3. The second-order valence-corrected chi connectivity index (χ2v) is 5.05. The van der Waals surface area contributed by atoms with E-state index >= 15 is 0 Å². The largest absolute Gasteiger partial charge is 0.497 e. The van der Waals surface area contributed by atoms with Gasteiger partial charge in [0.2, 0.25) is 5.78 Å². The third-order valence-electron chi connectivity index (χ3n) is 3.68. The Morgan fingerprint density at radius 1 is 0.952 bits per heavy atom. The zero-order valence-corrected chi connectivity index (χ0v) is 11.9. The molecule has 1 amide bonds. The molecule has 0 N–H and O–H groups in total. The van der Waals surface area contributed by atoms with Crippen LogP contribution < -0.4 is 9.64 Å². The van der Waals surface area contributed by atoms with Crippen molar-refractivity contribution in [2.45, 2.75) is 13.0 Å². The maximum Gasteiger partial charge on any atom is 0.297 e. The predicted molar refractivity (Wildman–Crippen MR) is 79.4 cm³/mol. The van der Waals surface area contributed by atoms with Crippen molar-refractivity contribution in [3.05, 3.63) is 59.7 Å². The van der Waals surface area contributed by atoms with Gasteiger partial charge in [-0.15, -0.1) is 0 Å². The van der Waals surface area contributed by atoms with Crippen LogP contribution in [0.25, 0.3) is 0 Å². The molecule has 0 spiro atoms. The monoisotopic (exact) mass is 281 g/mol. The summed E-state index contributed by atoms with van der Waals surface area (Å²) in [6, 6.07) is 14.2. The van der Waals surface area contributed by atoms with Crippen LogP contribution in [-0.4, -0.2) is 18.8 Å². The molecule has 4 heteroatoms. The fourth-order valence-electron chi connectivity index (χ4n) is 2.46. The van der Waals surface area contributed by atoms with E-state index in [9.17, 15) is 9.59 Å². The lowest BCUT2D eigenvalue weighted by Gasteiger charge is -2.38. The van der Waals surface area contributed by atoms with Crippen molar-refractivity contribution in [1.29, 1.82) is 0 Å². The van der Waals surface area contributed by atoms with Gasteiger partial charge in [-0.2, -0.15) is 0 Å². The summed E-state index contributed by atoms with van der Waals surface area (Å²) in [7, 11) is 1.59. The zero-order valence-electron chi connectivity index (χ0n) is 11.9. The quantitative estimate of drug-likeness (QED) is 0.642. The third-order valence-corrected chi connectivity index (χ3v) is 3.68. The first-order valence-electron chi connectivity index (χ1n) is 6.70. The van der Waals surface area contributed by atoms with Crippen LogP contribution >= 0.6 is 0 Å². The number of ketones is 1. The topological polar surface area (TPSA) is 46.6 Å². The highest BCUT2D eigenvalue weighted by Gasteiger charge is 2.47. The average molecular weight is 281 g/mol. The van der Waals surface area contributed by atoms with Gasteiger partial charge in [-0.05, 0) is 36.8 Å². The van der Waals surface area contributed by atoms with Gasteiger partial charge in [0.15, 0.2) is 0 Å². The molecule has 2 aromatic carbocycles. The average Bonchev–Trinajstić information content (AvgIpc) is 2.53. The molecule has 2 aromatic rings. The molecule has 1 aliphatic rings. The Hall–Kier alpha value is -2.62. The number of rotatable bonds is 3. The number of β-lactam (4-membered cyclic amide) rings is 1. The van der Waals surface area contributed by atoms with Crippen LogP contribution in [0.5, 0.6) is 5.75 Å². The van der Waals surface area contributed by atoms with E-state index in [-0.39, 0.29) is 5.78 Å². The smallest absolute Gasteiger partial charge is 0.297 e. The van der Waals surface area contributed by atoms with Crippen LogP contribution in [0.1, 0.15) is 17.2 Å². The highest BCUT2D eigenvalue weighted by Crippen LogP contribution is 2.36. The lowest BCUT2D eigenvalue weighted by atomic mass is 9.91. The molecule has 0 radical (unpaired) electrons. The van der Waals surface area contributed by atoms with E-state index in [1.165, 1.54) is 4.90 Å². The molecule has 1 heterocycles. The molecule has 0 aromatic heterocycles. The number of benzene rings is 2. The fourth-order valence-corrected chi connectivity index (χ4v) is 2.46. The van der Waals surface area contributed by atoms with Gasteiger partial charge in [-0.25, -0.2) is 0 Å². The van der Waals surface area contributed by atoms with Crippen LogP contribution in [0.4, 0.5) is 5.69 Å². The van der Waals surface area contributed by atoms with Gasteiger partial charge in [0, 0.05) is 5.69 Å². The number of ether oxygens (including phenoxy) is 1. The van der Waals surface area contributed by atoms with Gasteiger partial charge in [-0.3, -0.25) is 14.5 Å². The maximum absolute atomic E-state index is 11.9. The van der Waals surface area contributed by atoms with E-state index < -0.39 is 11.9 Å². The first kappa shape index (κ1) is 13.4. The summed E-state index contributed by atoms with van der Waals surface area (Å²) in [5, 5.41) is 0. The van der Waals surface area contributed by atoms with Crippen molar-refractivity contribution in [3.8, 4) is 5.75 Å². The number of Topliss-reactive ketones (excluding diaryl/α,β-unsaturated/α-hetero) is 1. The highest BCUT2D eigenvalue weighted by molar-refractivity contribution is 6.51. The molecule has 1 saturated heterocycles. The Morgan fingerprint density at radius 3 is 2.14 bits per heavy atom. The van der Waals surface area contributed by atoms with Gasteiger partial charge in [0.05, 0.1) is 7.11 Å². The number of hydrogen-bond donors (Lipinski definition) is 0. The molecule has 0 aliphatic carbocycles. The molecule has 1 atom stereocenters. The number of nitrogens with zero attached hydrogens (tertiary/aromatic N) is 1. The number of aryl methyl sites for hydroxylation is 1. The second-order valence-electron chi connectivity index (χ2n) is 5.05. The number of amides is 1. The van der Waals surface area contributed by atoms with E-state index in [0.717, 1.165) is 22.6 Å². The molecular formula is C17H15NO3. The molecule has 1 aliphatic heterocycles. The minimum atomic E-state index is -0.536. The molecule has 21 heavy (non-hydrogen) atoms. The first-order chi connectivity index (χ1) is 10.1.